The molecule has 13 heavy (non-hydrogen) atoms. The zero-order valence-corrected chi connectivity index (χ0v) is 7.08. The summed E-state index contributed by atoms with van der Waals surface area (Å²) in [4.78, 5) is 10.5. The van der Waals surface area contributed by atoms with E-state index in [1.54, 1.807) is 0 Å². The van der Waals surface area contributed by atoms with E-state index in [9.17, 15) is 9.90 Å². The Balaban J connectivity index is 2.53. The monoisotopic (exact) mass is 192 g/mol. The molecule has 0 radical (unpaired) electrons. The van der Waals surface area contributed by atoms with Gasteiger partial charge in [0, 0.05) is 6.92 Å². The molecule has 4 atom stereocenters. The fourth-order valence-electron chi connectivity index (χ4n) is 1.05. The van der Waals surface area contributed by atoms with Crippen molar-refractivity contribution in [2.24, 2.45) is 0 Å². The normalized spacial score (nSPS) is 40.0. The Labute approximate surface area is 74.7 Å². The van der Waals surface area contributed by atoms with Crippen molar-refractivity contribution in [2.75, 3.05) is 6.61 Å². The zero-order chi connectivity index (χ0) is 10.0. The molecule has 0 spiro atoms. The molecule has 1 saturated heterocycles. The molecule has 0 aliphatic carbocycles. The van der Waals surface area contributed by atoms with Crippen molar-refractivity contribution in [3.8, 4) is 0 Å². The summed E-state index contributed by atoms with van der Waals surface area (Å²) in [6.07, 6.45) is -5.11. The van der Waals surface area contributed by atoms with Crippen LogP contribution in [-0.4, -0.2) is 52.5 Å². The molecule has 3 N–H and O–H groups in total. The third-order valence-electron chi connectivity index (χ3n) is 1.74. The first kappa shape index (κ1) is 10.4. The van der Waals surface area contributed by atoms with Gasteiger partial charge >= 0.3 is 5.97 Å². The molecule has 1 heterocycles. The second-order valence-corrected chi connectivity index (χ2v) is 2.86. The lowest BCUT2D eigenvalue weighted by atomic mass is 10.1. The Bertz CT molecular complexity index is 193. The van der Waals surface area contributed by atoms with E-state index < -0.39 is 30.6 Å². The van der Waals surface area contributed by atoms with Crippen LogP contribution in [0.15, 0.2) is 0 Å². The van der Waals surface area contributed by atoms with Gasteiger partial charge in [0.1, 0.15) is 18.3 Å². The number of aliphatic hydroxyl groups excluding tert-OH is 3. The third-order valence-corrected chi connectivity index (χ3v) is 1.74. The lowest BCUT2D eigenvalue weighted by Gasteiger charge is -2.34. The number of hydrogen-bond acceptors (Lipinski definition) is 6. The van der Waals surface area contributed by atoms with Crippen LogP contribution in [0.3, 0.4) is 0 Å². The fourth-order valence-corrected chi connectivity index (χ4v) is 1.05. The van der Waals surface area contributed by atoms with E-state index in [2.05, 4.69) is 4.74 Å². The number of rotatable bonds is 1. The van der Waals surface area contributed by atoms with Crippen LogP contribution in [0.5, 0.6) is 0 Å². The van der Waals surface area contributed by atoms with E-state index in [-0.39, 0.29) is 6.61 Å². The zero-order valence-electron chi connectivity index (χ0n) is 7.08. The van der Waals surface area contributed by atoms with Gasteiger partial charge in [-0.25, -0.2) is 0 Å². The maximum atomic E-state index is 10.5. The molecule has 6 heteroatoms. The predicted molar refractivity (Wildman–Crippen MR) is 39.5 cm³/mol. The summed E-state index contributed by atoms with van der Waals surface area (Å²) in [6, 6.07) is 0. The van der Waals surface area contributed by atoms with Gasteiger partial charge in [-0.15, -0.1) is 0 Å². The van der Waals surface area contributed by atoms with Gasteiger partial charge in [0.2, 0.25) is 6.29 Å². The van der Waals surface area contributed by atoms with E-state index >= 15 is 0 Å². The van der Waals surface area contributed by atoms with E-state index in [1.807, 2.05) is 0 Å². The number of carbonyl (C=O) groups is 1. The highest BCUT2D eigenvalue weighted by molar-refractivity contribution is 5.66. The Morgan fingerprint density at radius 1 is 1.38 bits per heavy atom. The Morgan fingerprint density at radius 2 is 2.00 bits per heavy atom. The van der Waals surface area contributed by atoms with Crippen molar-refractivity contribution in [3.63, 3.8) is 0 Å². The van der Waals surface area contributed by atoms with Crippen LogP contribution >= 0.6 is 0 Å². The Morgan fingerprint density at radius 3 is 2.54 bits per heavy atom. The van der Waals surface area contributed by atoms with Gasteiger partial charge in [0.15, 0.2) is 0 Å². The van der Waals surface area contributed by atoms with Crippen LogP contribution in [-0.2, 0) is 14.3 Å². The minimum absolute atomic E-state index is 0.170. The Hall–Kier alpha value is -0.690. The highest BCUT2D eigenvalue weighted by atomic mass is 16.7. The van der Waals surface area contributed by atoms with Gasteiger partial charge < -0.3 is 24.8 Å². The van der Waals surface area contributed by atoms with Gasteiger partial charge in [-0.3, -0.25) is 4.79 Å². The minimum atomic E-state index is -1.41. The summed E-state index contributed by atoms with van der Waals surface area (Å²) >= 11 is 0. The van der Waals surface area contributed by atoms with Crippen molar-refractivity contribution < 1.29 is 29.6 Å². The SMILES string of the molecule is CC(=O)OC1OC[C@@H](O)[C@@H](O)[C@@H]1O. The number of carbonyl (C=O) groups excluding carboxylic acids is 1. The standard InChI is InChI=1S/C7H12O6/c1-3(8)13-7-6(11)5(10)4(9)2-12-7/h4-7,9-11H,2H2,1H3/t4-,5-,6+,7?/m1/s1. The highest BCUT2D eigenvalue weighted by Crippen LogP contribution is 2.16. The molecule has 1 rings (SSSR count). The first-order valence-corrected chi connectivity index (χ1v) is 3.85. The summed E-state index contributed by atoms with van der Waals surface area (Å²) in [7, 11) is 0. The highest BCUT2D eigenvalue weighted by Gasteiger charge is 2.39. The second-order valence-electron chi connectivity index (χ2n) is 2.86. The summed E-state index contributed by atoms with van der Waals surface area (Å²) in [5.41, 5.74) is 0. The Kier molecular flexibility index (Phi) is 3.21. The van der Waals surface area contributed by atoms with E-state index in [0.717, 1.165) is 6.92 Å². The first-order chi connectivity index (χ1) is 6.02. The molecule has 76 valence electrons. The van der Waals surface area contributed by atoms with Crippen molar-refractivity contribution in [3.05, 3.63) is 0 Å². The topological polar surface area (TPSA) is 96.2 Å². The molecule has 0 aromatic carbocycles. The average Bonchev–Trinajstić information content (AvgIpc) is 2.06. The maximum absolute atomic E-state index is 10.5. The summed E-state index contributed by atoms with van der Waals surface area (Å²) in [5, 5.41) is 27.4. The van der Waals surface area contributed by atoms with Crippen molar-refractivity contribution in [2.45, 2.75) is 31.5 Å². The molecular weight excluding hydrogens is 180 g/mol. The molecule has 1 unspecified atom stereocenters. The molecule has 6 nitrogen and oxygen atoms in total. The molecule has 0 amide bonds. The van der Waals surface area contributed by atoms with Crippen LogP contribution in [0.4, 0.5) is 0 Å². The molecule has 1 aliphatic rings. The molecule has 1 aliphatic heterocycles. The van der Waals surface area contributed by atoms with Crippen LogP contribution in [0, 0.1) is 0 Å². The van der Waals surface area contributed by atoms with E-state index in [0.29, 0.717) is 0 Å². The third kappa shape index (κ3) is 2.38. The average molecular weight is 192 g/mol. The largest absolute Gasteiger partial charge is 0.433 e. The van der Waals surface area contributed by atoms with Gasteiger partial charge in [-0.05, 0) is 0 Å². The first-order valence-electron chi connectivity index (χ1n) is 3.85. The van der Waals surface area contributed by atoms with Crippen molar-refractivity contribution in [1.82, 2.24) is 0 Å². The van der Waals surface area contributed by atoms with E-state index in [4.69, 9.17) is 14.9 Å². The molecule has 0 saturated carbocycles. The molecule has 0 aromatic rings. The quantitative estimate of drug-likeness (QED) is 0.415. The van der Waals surface area contributed by atoms with Crippen molar-refractivity contribution in [1.29, 1.82) is 0 Å². The van der Waals surface area contributed by atoms with Crippen LogP contribution in [0.25, 0.3) is 0 Å². The number of esters is 1. The van der Waals surface area contributed by atoms with Crippen LogP contribution < -0.4 is 0 Å². The minimum Gasteiger partial charge on any atom is -0.433 e. The predicted octanol–water partition coefficient (Wildman–Crippen LogP) is -2.01. The summed E-state index contributed by atoms with van der Waals surface area (Å²) in [6.45, 7) is 0.990. The molecule has 0 aromatic heterocycles. The summed E-state index contributed by atoms with van der Waals surface area (Å²) < 4.78 is 9.32. The maximum Gasteiger partial charge on any atom is 0.305 e. The van der Waals surface area contributed by atoms with Gasteiger partial charge in [-0.2, -0.15) is 0 Å². The number of hydrogen-bond donors (Lipinski definition) is 3. The lowest BCUT2D eigenvalue weighted by Crippen LogP contribution is -2.54. The van der Waals surface area contributed by atoms with Gasteiger partial charge in [0.05, 0.1) is 6.61 Å². The lowest BCUT2D eigenvalue weighted by molar-refractivity contribution is -0.261. The molecule has 1 fully saturated rings. The van der Waals surface area contributed by atoms with Crippen LogP contribution in [0.2, 0.25) is 0 Å². The van der Waals surface area contributed by atoms with Gasteiger partial charge in [-0.1, -0.05) is 0 Å². The summed E-state index contributed by atoms with van der Waals surface area (Å²) in [5.74, 6) is -0.618. The molecular formula is C7H12O6. The van der Waals surface area contributed by atoms with E-state index in [1.165, 1.54) is 0 Å². The fraction of sp³-hybridized carbons (Fsp3) is 0.857. The second kappa shape index (κ2) is 4.01. The van der Waals surface area contributed by atoms with Crippen LogP contribution in [0.1, 0.15) is 6.92 Å². The number of ether oxygens (including phenoxy) is 2. The number of aliphatic hydroxyl groups is 3. The molecule has 0 bridgehead atoms. The van der Waals surface area contributed by atoms with Crippen molar-refractivity contribution >= 4 is 5.97 Å². The van der Waals surface area contributed by atoms with Gasteiger partial charge in [0.25, 0.3) is 0 Å². The smallest absolute Gasteiger partial charge is 0.305 e.